The summed E-state index contributed by atoms with van der Waals surface area (Å²) in [7, 11) is 0. The number of aromatic nitrogens is 1. The molecular weight excluding hydrogens is 261 g/mol. The SMILES string of the molecule is O=C(O)CCn1[se]c2ccccc2c1=O. The van der Waals surface area contributed by atoms with E-state index in [4.69, 9.17) is 5.11 Å². The normalized spacial score (nSPS) is 10.7. The molecule has 0 bridgehead atoms. The van der Waals surface area contributed by atoms with Gasteiger partial charge < -0.3 is 0 Å². The Labute approximate surface area is 91.7 Å². The predicted octanol–water partition coefficient (Wildman–Crippen LogP) is 0.533. The average Bonchev–Trinajstić information content (AvgIpc) is 2.54. The molecule has 0 saturated carbocycles. The molecule has 2 rings (SSSR count). The minimum atomic E-state index is -0.866. The van der Waals surface area contributed by atoms with Crippen molar-refractivity contribution >= 4 is 30.3 Å². The van der Waals surface area contributed by atoms with Gasteiger partial charge in [0, 0.05) is 0 Å². The average molecular weight is 270 g/mol. The molecule has 0 saturated heterocycles. The molecule has 78 valence electrons. The van der Waals surface area contributed by atoms with Gasteiger partial charge in [0.05, 0.1) is 0 Å². The Morgan fingerprint density at radius 2 is 2.13 bits per heavy atom. The summed E-state index contributed by atoms with van der Waals surface area (Å²) in [5.41, 5.74) is -0.0353. The summed E-state index contributed by atoms with van der Waals surface area (Å²) < 4.78 is 2.67. The van der Waals surface area contributed by atoms with E-state index in [0.29, 0.717) is 6.54 Å². The van der Waals surface area contributed by atoms with Crippen LogP contribution in [0.3, 0.4) is 0 Å². The summed E-state index contributed by atoms with van der Waals surface area (Å²) in [4.78, 5) is 22.2. The number of hydrogen-bond acceptors (Lipinski definition) is 2. The van der Waals surface area contributed by atoms with Gasteiger partial charge in [0.25, 0.3) is 0 Å². The van der Waals surface area contributed by atoms with Crippen LogP contribution in [0.5, 0.6) is 0 Å². The van der Waals surface area contributed by atoms with E-state index in [1.165, 1.54) is 0 Å². The number of carbonyl (C=O) groups is 1. The summed E-state index contributed by atoms with van der Waals surface area (Å²) >= 11 is -0.0525. The number of rotatable bonds is 3. The quantitative estimate of drug-likeness (QED) is 0.828. The molecule has 0 unspecified atom stereocenters. The molecule has 1 heterocycles. The van der Waals surface area contributed by atoms with Crippen LogP contribution in [-0.2, 0) is 11.3 Å². The van der Waals surface area contributed by atoms with Gasteiger partial charge in [-0.15, -0.1) is 0 Å². The molecule has 1 aromatic heterocycles. The van der Waals surface area contributed by atoms with Gasteiger partial charge in [-0.05, 0) is 0 Å². The number of carboxylic acid groups (broad SMARTS) is 1. The summed E-state index contributed by atoms with van der Waals surface area (Å²) in [6.45, 7) is 0.308. The van der Waals surface area contributed by atoms with Gasteiger partial charge in [0.15, 0.2) is 0 Å². The molecule has 0 aliphatic heterocycles. The summed E-state index contributed by atoms with van der Waals surface area (Å²) in [5.74, 6) is -0.866. The fraction of sp³-hybridized carbons (Fsp3) is 0.200. The fourth-order valence-electron chi connectivity index (χ4n) is 1.36. The number of nitrogens with zero attached hydrogens (tertiary/aromatic N) is 1. The number of fused-ring (bicyclic) bond motifs is 1. The molecular formula is C10H9NO3Se. The zero-order valence-corrected chi connectivity index (χ0v) is 9.56. The third kappa shape index (κ3) is 2.03. The van der Waals surface area contributed by atoms with Crippen molar-refractivity contribution in [2.24, 2.45) is 0 Å². The summed E-state index contributed by atoms with van der Waals surface area (Å²) in [6.07, 6.45) is 0.0154. The van der Waals surface area contributed by atoms with Crippen LogP contribution in [0.25, 0.3) is 9.65 Å². The van der Waals surface area contributed by atoms with Crippen molar-refractivity contribution in [1.82, 2.24) is 3.56 Å². The molecule has 5 heteroatoms. The molecule has 0 atom stereocenters. The van der Waals surface area contributed by atoms with Crippen molar-refractivity contribution in [3.05, 3.63) is 34.6 Å². The second-order valence-corrected chi connectivity index (χ2v) is 5.37. The van der Waals surface area contributed by atoms with Gasteiger partial charge >= 0.3 is 91.4 Å². The Morgan fingerprint density at radius 1 is 1.40 bits per heavy atom. The van der Waals surface area contributed by atoms with Crippen molar-refractivity contribution in [1.29, 1.82) is 0 Å². The van der Waals surface area contributed by atoms with E-state index in [1.54, 1.807) is 9.63 Å². The first kappa shape index (κ1) is 10.2. The molecule has 0 fully saturated rings. The van der Waals surface area contributed by atoms with Crippen molar-refractivity contribution < 1.29 is 9.90 Å². The van der Waals surface area contributed by atoms with Crippen molar-refractivity contribution in [2.75, 3.05) is 0 Å². The Kier molecular flexibility index (Phi) is 2.75. The van der Waals surface area contributed by atoms with Crippen LogP contribution in [0, 0.1) is 0 Å². The van der Waals surface area contributed by atoms with Gasteiger partial charge in [0.2, 0.25) is 0 Å². The first-order valence-electron chi connectivity index (χ1n) is 4.49. The van der Waals surface area contributed by atoms with Crippen LogP contribution in [0.2, 0.25) is 0 Å². The van der Waals surface area contributed by atoms with Gasteiger partial charge in [-0.3, -0.25) is 0 Å². The summed E-state index contributed by atoms with van der Waals surface area (Å²) in [5, 5.41) is 9.27. The van der Waals surface area contributed by atoms with Crippen LogP contribution >= 0.6 is 0 Å². The standard InChI is InChI=1S/C10H9NO3Se/c12-9(13)5-6-11-10(14)7-3-1-2-4-8(7)15-11/h1-4H,5-6H2,(H,12,13). The van der Waals surface area contributed by atoms with Gasteiger partial charge in [-0.1, -0.05) is 0 Å². The number of hydrogen-bond donors (Lipinski definition) is 1. The molecule has 4 nitrogen and oxygen atoms in total. The van der Waals surface area contributed by atoms with Gasteiger partial charge in [-0.2, -0.15) is 0 Å². The van der Waals surface area contributed by atoms with Crippen LogP contribution < -0.4 is 5.56 Å². The topological polar surface area (TPSA) is 59.3 Å². The van der Waals surface area contributed by atoms with E-state index in [-0.39, 0.29) is 26.7 Å². The Morgan fingerprint density at radius 3 is 2.80 bits per heavy atom. The van der Waals surface area contributed by atoms with Crippen molar-refractivity contribution in [2.45, 2.75) is 13.0 Å². The van der Waals surface area contributed by atoms with Crippen LogP contribution in [0.4, 0.5) is 0 Å². The molecule has 0 radical (unpaired) electrons. The Hall–Kier alpha value is -1.32. The van der Waals surface area contributed by atoms with Gasteiger partial charge in [0.1, 0.15) is 0 Å². The number of aryl methyl sites for hydroxylation is 1. The van der Waals surface area contributed by atoms with Gasteiger partial charge in [-0.25, -0.2) is 0 Å². The van der Waals surface area contributed by atoms with Crippen LogP contribution in [0.1, 0.15) is 6.42 Å². The zero-order valence-electron chi connectivity index (χ0n) is 7.84. The maximum absolute atomic E-state index is 11.8. The molecule has 1 aromatic carbocycles. The first-order valence-corrected chi connectivity index (χ1v) is 6.11. The number of benzene rings is 1. The number of carboxylic acids is 1. The molecule has 0 aliphatic rings. The molecule has 2 aromatic rings. The summed E-state index contributed by atoms with van der Waals surface area (Å²) in [6, 6.07) is 7.44. The van der Waals surface area contributed by atoms with Crippen LogP contribution in [0.15, 0.2) is 29.1 Å². The second kappa shape index (κ2) is 4.04. The van der Waals surface area contributed by atoms with E-state index in [0.717, 1.165) is 9.65 Å². The third-order valence-electron chi connectivity index (χ3n) is 2.08. The molecule has 0 aliphatic carbocycles. The van der Waals surface area contributed by atoms with E-state index in [9.17, 15) is 9.59 Å². The predicted molar refractivity (Wildman–Crippen MR) is 57.4 cm³/mol. The minimum absolute atomic E-state index is 0.0154. The van der Waals surface area contributed by atoms with Crippen LogP contribution in [-0.4, -0.2) is 29.4 Å². The van der Waals surface area contributed by atoms with E-state index in [2.05, 4.69) is 0 Å². The molecule has 0 amide bonds. The molecule has 0 spiro atoms. The van der Waals surface area contributed by atoms with Crippen molar-refractivity contribution in [3.63, 3.8) is 0 Å². The monoisotopic (exact) mass is 271 g/mol. The Balaban J connectivity index is 2.40. The maximum atomic E-state index is 11.8. The molecule has 15 heavy (non-hydrogen) atoms. The second-order valence-electron chi connectivity index (χ2n) is 3.14. The van der Waals surface area contributed by atoms with E-state index in [1.807, 2.05) is 18.2 Å². The fourth-order valence-corrected chi connectivity index (χ4v) is 3.45. The zero-order chi connectivity index (χ0) is 10.8. The van der Waals surface area contributed by atoms with Crippen molar-refractivity contribution in [3.8, 4) is 0 Å². The van der Waals surface area contributed by atoms with E-state index < -0.39 is 5.97 Å². The Bertz CT molecular complexity index is 555. The third-order valence-corrected chi connectivity index (χ3v) is 4.43. The molecule has 1 N–H and O–H groups in total. The first-order chi connectivity index (χ1) is 7.18. The van der Waals surface area contributed by atoms with E-state index >= 15 is 0 Å². The number of aliphatic carboxylic acids is 1.